The predicted octanol–water partition coefficient (Wildman–Crippen LogP) is 4.61. The molecule has 1 atom stereocenters. The van der Waals surface area contributed by atoms with Gasteiger partial charge < -0.3 is 10.2 Å². The van der Waals surface area contributed by atoms with Gasteiger partial charge in [-0.15, -0.1) is 0 Å². The summed E-state index contributed by atoms with van der Waals surface area (Å²) in [4.78, 5) is 19.4. The van der Waals surface area contributed by atoms with Crippen molar-refractivity contribution in [3.05, 3.63) is 96.7 Å². The number of nitrogens with one attached hydrogen (secondary N) is 2. The van der Waals surface area contributed by atoms with E-state index in [0.29, 0.717) is 11.4 Å². The Bertz CT molecular complexity index is 1420. The number of aromatic nitrogens is 5. The highest BCUT2D eigenvalue weighted by atomic mass is 16.2. The smallest absolute Gasteiger partial charge is 0.276 e. The summed E-state index contributed by atoms with van der Waals surface area (Å²) in [5.74, 6) is -0.283. The molecule has 0 spiro atoms. The lowest BCUT2D eigenvalue weighted by molar-refractivity contribution is 0.102. The summed E-state index contributed by atoms with van der Waals surface area (Å²) < 4.78 is 1.91. The van der Waals surface area contributed by atoms with Crippen LogP contribution in [0.5, 0.6) is 0 Å². The van der Waals surface area contributed by atoms with Crippen LogP contribution in [-0.2, 0) is 0 Å². The van der Waals surface area contributed by atoms with E-state index >= 15 is 0 Å². The number of fused-ring (bicyclic) bond motifs is 1. The summed E-state index contributed by atoms with van der Waals surface area (Å²) in [6, 6.07) is 20.1. The third kappa shape index (κ3) is 4.97. The fraction of sp³-hybridized carbons (Fsp3) is 0.185. The van der Waals surface area contributed by atoms with Gasteiger partial charge in [0.05, 0.1) is 23.4 Å². The number of nitrogens with zero attached hydrogens (tertiary/aromatic N) is 5. The number of amides is 1. The van der Waals surface area contributed by atoms with E-state index in [9.17, 15) is 4.79 Å². The SMILES string of the molecule is CN(C)CCC(c1ccccc1)n1cc(NC(=O)c2n[nH]c3cc(-c4cccnc4)ccc23)cn1. The van der Waals surface area contributed by atoms with Crippen molar-refractivity contribution < 1.29 is 4.79 Å². The normalized spacial score (nSPS) is 12.2. The molecule has 0 saturated heterocycles. The topological polar surface area (TPSA) is 91.7 Å². The summed E-state index contributed by atoms with van der Waals surface area (Å²) in [6.45, 7) is 0.918. The quantitative estimate of drug-likeness (QED) is 0.349. The van der Waals surface area contributed by atoms with Crippen molar-refractivity contribution in [2.45, 2.75) is 12.5 Å². The molecule has 35 heavy (non-hydrogen) atoms. The zero-order chi connectivity index (χ0) is 24.2. The number of H-pyrrole nitrogens is 1. The molecule has 2 aromatic carbocycles. The Balaban J connectivity index is 1.35. The molecule has 3 heterocycles. The van der Waals surface area contributed by atoms with Crippen molar-refractivity contribution in [3.8, 4) is 11.1 Å². The molecule has 5 rings (SSSR count). The lowest BCUT2D eigenvalue weighted by atomic mass is 10.0. The lowest BCUT2D eigenvalue weighted by Gasteiger charge is -2.20. The van der Waals surface area contributed by atoms with Gasteiger partial charge in [-0.1, -0.05) is 42.5 Å². The summed E-state index contributed by atoms with van der Waals surface area (Å²) in [5.41, 5.74) is 4.96. The van der Waals surface area contributed by atoms with Crippen LogP contribution in [0, 0.1) is 0 Å². The molecular formula is C27H27N7O. The molecule has 0 radical (unpaired) electrons. The monoisotopic (exact) mass is 465 g/mol. The highest BCUT2D eigenvalue weighted by Crippen LogP contribution is 2.26. The average Bonchev–Trinajstić information content (AvgIpc) is 3.52. The van der Waals surface area contributed by atoms with E-state index in [4.69, 9.17) is 0 Å². The number of benzene rings is 2. The second-order valence-electron chi connectivity index (χ2n) is 8.76. The van der Waals surface area contributed by atoms with Crippen molar-refractivity contribution in [1.29, 1.82) is 0 Å². The summed E-state index contributed by atoms with van der Waals surface area (Å²) in [6.07, 6.45) is 8.01. The number of aromatic amines is 1. The van der Waals surface area contributed by atoms with Gasteiger partial charge in [0.15, 0.2) is 5.69 Å². The number of hydrogen-bond donors (Lipinski definition) is 2. The molecule has 0 aliphatic rings. The van der Waals surface area contributed by atoms with E-state index in [2.05, 4.69) is 56.7 Å². The number of carbonyl (C=O) groups excluding carboxylic acids is 1. The first-order valence-corrected chi connectivity index (χ1v) is 11.5. The number of anilines is 1. The van der Waals surface area contributed by atoms with Gasteiger partial charge in [0, 0.05) is 29.5 Å². The fourth-order valence-corrected chi connectivity index (χ4v) is 4.18. The predicted molar refractivity (Wildman–Crippen MR) is 137 cm³/mol. The number of hydrogen-bond acceptors (Lipinski definition) is 5. The zero-order valence-corrected chi connectivity index (χ0v) is 19.7. The van der Waals surface area contributed by atoms with Crippen molar-refractivity contribution in [3.63, 3.8) is 0 Å². The molecule has 176 valence electrons. The van der Waals surface area contributed by atoms with Gasteiger partial charge in [-0.3, -0.25) is 19.6 Å². The largest absolute Gasteiger partial charge is 0.318 e. The second kappa shape index (κ2) is 9.90. The van der Waals surface area contributed by atoms with Crippen LogP contribution in [0.2, 0.25) is 0 Å². The second-order valence-corrected chi connectivity index (χ2v) is 8.76. The van der Waals surface area contributed by atoms with Gasteiger partial charge in [0.1, 0.15) is 0 Å². The summed E-state index contributed by atoms with van der Waals surface area (Å²) in [5, 5.41) is 15.5. The number of pyridine rings is 1. The van der Waals surface area contributed by atoms with Gasteiger partial charge in [-0.25, -0.2) is 0 Å². The van der Waals surface area contributed by atoms with Gasteiger partial charge >= 0.3 is 0 Å². The van der Waals surface area contributed by atoms with Gasteiger partial charge in [0.25, 0.3) is 5.91 Å². The lowest BCUT2D eigenvalue weighted by Crippen LogP contribution is -2.20. The van der Waals surface area contributed by atoms with Crippen LogP contribution in [0.25, 0.3) is 22.0 Å². The molecule has 0 aliphatic carbocycles. The first-order chi connectivity index (χ1) is 17.1. The fourth-order valence-electron chi connectivity index (χ4n) is 4.18. The van der Waals surface area contributed by atoms with E-state index in [-0.39, 0.29) is 11.9 Å². The Morgan fingerprint density at radius 2 is 1.91 bits per heavy atom. The molecule has 0 fully saturated rings. The van der Waals surface area contributed by atoms with Gasteiger partial charge in [0.2, 0.25) is 0 Å². The Hall–Kier alpha value is -4.30. The van der Waals surface area contributed by atoms with Crippen molar-refractivity contribution in [2.75, 3.05) is 26.0 Å². The summed E-state index contributed by atoms with van der Waals surface area (Å²) >= 11 is 0. The minimum Gasteiger partial charge on any atom is -0.318 e. The first kappa shape index (κ1) is 22.5. The molecule has 0 aliphatic heterocycles. The third-order valence-corrected chi connectivity index (χ3v) is 5.99. The molecule has 0 bridgehead atoms. The van der Waals surface area contributed by atoms with Crippen LogP contribution in [0.3, 0.4) is 0 Å². The molecule has 2 N–H and O–H groups in total. The maximum atomic E-state index is 13.1. The van der Waals surface area contributed by atoms with Crippen molar-refractivity contribution in [2.24, 2.45) is 0 Å². The van der Waals surface area contributed by atoms with E-state index < -0.39 is 0 Å². The van der Waals surface area contributed by atoms with Crippen LogP contribution < -0.4 is 5.32 Å². The Morgan fingerprint density at radius 3 is 2.69 bits per heavy atom. The minimum absolute atomic E-state index is 0.0707. The molecular weight excluding hydrogens is 438 g/mol. The molecule has 0 saturated carbocycles. The molecule has 1 amide bonds. The van der Waals surface area contributed by atoms with E-state index in [1.807, 2.05) is 65.6 Å². The van der Waals surface area contributed by atoms with Crippen LogP contribution in [0.15, 0.2) is 85.5 Å². The first-order valence-electron chi connectivity index (χ1n) is 11.5. The maximum Gasteiger partial charge on any atom is 0.276 e. The highest BCUT2D eigenvalue weighted by molar-refractivity contribution is 6.11. The maximum absolute atomic E-state index is 13.1. The summed E-state index contributed by atoms with van der Waals surface area (Å²) in [7, 11) is 4.12. The number of rotatable bonds is 8. The molecule has 8 nitrogen and oxygen atoms in total. The molecule has 1 unspecified atom stereocenters. The van der Waals surface area contributed by atoms with Crippen molar-refractivity contribution >= 4 is 22.5 Å². The van der Waals surface area contributed by atoms with Crippen molar-refractivity contribution in [1.82, 2.24) is 29.9 Å². The zero-order valence-electron chi connectivity index (χ0n) is 19.7. The minimum atomic E-state index is -0.283. The van der Waals surface area contributed by atoms with E-state index in [1.165, 1.54) is 5.56 Å². The third-order valence-electron chi connectivity index (χ3n) is 5.99. The Morgan fingerprint density at radius 1 is 1.06 bits per heavy atom. The van der Waals surface area contributed by atoms with E-state index in [1.54, 1.807) is 12.4 Å². The van der Waals surface area contributed by atoms with Crippen LogP contribution in [-0.4, -0.2) is 56.4 Å². The standard InChI is InChI=1S/C27H27N7O/c1-33(2)14-12-25(19-7-4-3-5-8-19)34-18-22(17-29-34)30-27(35)26-23-11-10-20(15-24(23)31-32-26)21-9-6-13-28-16-21/h3-11,13,15-18,25H,12,14H2,1-2H3,(H,30,35)(H,31,32). The molecule has 5 aromatic rings. The van der Waals surface area contributed by atoms with Crippen LogP contribution in [0.4, 0.5) is 5.69 Å². The average molecular weight is 466 g/mol. The highest BCUT2D eigenvalue weighted by Gasteiger charge is 2.18. The van der Waals surface area contributed by atoms with Crippen LogP contribution >= 0.6 is 0 Å². The molecule has 3 aromatic heterocycles. The van der Waals surface area contributed by atoms with Gasteiger partial charge in [-0.2, -0.15) is 10.2 Å². The van der Waals surface area contributed by atoms with E-state index in [0.717, 1.165) is 35.0 Å². The van der Waals surface area contributed by atoms with Gasteiger partial charge in [-0.05, 0) is 56.4 Å². The Kier molecular flexibility index (Phi) is 6.36. The van der Waals surface area contributed by atoms with Crippen LogP contribution in [0.1, 0.15) is 28.5 Å². The Labute approximate surface area is 203 Å². The molecule has 8 heteroatoms. The number of carbonyl (C=O) groups is 1.